The number of hydrogen-bond acceptors (Lipinski definition) is 5. The summed E-state index contributed by atoms with van der Waals surface area (Å²) in [6.07, 6.45) is 4.43. The largest absolute Gasteiger partial charge is 0.461 e. The lowest BCUT2D eigenvalue weighted by atomic mass is 10.2. The van der Waals surface area contributed by atoms with Crippen molar-refractivity contribution in [3.05, 3.63) is 66.0 Å². The van der Waals surface area contributed by atoms with Gasteiger partial charge in [0.2, 0.25) is 17.7 Å². The lowest BCUT2D eigenvalue weighted by Gasteiger charge is -2.23. The van der Waals surface area contributed by atoms with Gasteiger partial charge in [-0.05, 0) is 56.5 Å². The van der Waals surface area contributed by atoms with Crippen LogP contribution in [0, 0.1) is 5.92 Å². The molecule has 6 heteroatoms. The minimum absolute atomic E-state index is 0.0151. The lowest BCUT2D eigenvalue weighted by molar-refractivity contribution is -0.128. The van der Waals surface area contributed by atoms with E-state index in [1.807, 2.05) is 56.3 Å². The van der Waals surface area contributed by atoms with Crippen molar-refractivity contribution in [2.75, 3.05) is 0 Å². The van der Waals surface area contributed by atoms with Crippen molar-refractivity contribution in [3.8, 4) is 11.5 Å². The van der Waals surface area contributed by atoms with Gasteiger partial charge >= 0.3 is 0 Å². The molecule has 2 atom stereocenters. The molecule has 6 nitrogen and oxygen atoms in total. The van der Waals surface area contributed by atoms with Crippen molar-refractivity contribution in [2.24, 2.45) is 5.92 Å². The normalized spacial score (nSPS) is 18.5. The number of nitrogens with zero attached hydrogens (tertiary/aromatic N) is 3. The van der Waals surface area contributed by atoms with Gasteiger partial charge in [0.1, 0.15) is 11.5 Å². The topological polar surface area (TPSA) is 72.4 Å². The Morgan fingerprint density at radius 2 is 1.93 bits per heavy atom. The Labute approximate surface area is 170 Å². The number of rotatable bonds is 7. The van der Waals surface area contributed by atoms with E-state index in [9.17, 15) is 4.79 Å². The molecule has 4 rings (SSSR count). The molecule has 1 aliphatic rings. The van der Waals surface area contributed by atoms with Crippen LogP contribution in [0.1, 0.15) is 50.5 Å². The molecule has 3 aromatic rings. The Morgan fingerprint density at radius 3 is 2.62 bits per heavy atom. The minimum Gasteiger partial charge on any atom is -0.461 e. The number of carbonyl (C=O) groups is 1. The average Bonchev–Trinajstić information content (AvgIpc) is 3.13. The molecule has 0 unspecified atom stereocenters. The van der Waals surface area contributed by atoms with Gasteiger partial charge in [-0.15, -0.1) is 10.2 Å². The van der Waals surface area contributed by atoms with Crippen LogP contribution < -0.4 is 0 Å². The fourth-order valence-electron chi connectivity index (χ4n) is 3.30. The van der Waals surface area contributed by atoms with E-state index in [0.29, 0.717) is 29.4 Å². The molecule has 1 saturated carbocycles. The Bertz CT molecular complexity index is 1000. The molecule has 29 heavy (non-hydrogen) atoms. The van der Waals surface area contributed by atoms with Crippen molar-refractivity contribution < 1.29 is 13.6 Å². The van der Waals surface area contributed by atoms with Gasteiger partial charge in [-0.25, -0.2) is 0 Å². The maximum absolute atomic E-state index is 12.8. The Hall–Kier alpha value is -3.15. The highest BCUT2D eigenvalue weighted by molar-refractivity contribution is 5.91. The average molecular weight is 391 g/mol. The van der Waals surface area contributed by atoms with E-state index in [1.165, 1.54) is 12.5 Å². The Balaban J connectivity index is 1.42. The number of furan rings is 1. The maximum atomic E-state index is 12.8. The zero-order valence-corrected chi connectivity index (χ0v) is 16.9. The summed E-state index contributed by atoms with van der Waals surface area (Å²) in [7, 11) is 0. The van der Waals surface area contributed by atoms with E-state index in [2.05, 4.69) is 17.1 Å². The molecule has 2 aromatic heterocycles. The first-order valence-corrected chi connectivity index (χ1v) is 9.97. The first-order chi connectivity index (χ1) is 14.0. The second kappa shape index (κ2) is 8.07. The van der Waals surface area contributed by atoms with Crippen LogP contribution in [-0.2, 0) is 11.3 Å². The van der Waals surface area contributed by atoms with Crippen LogP contribution in [-0.4, -0.2) is 27.0 Å². The highest BCUT2D eigenvalue weighted by Crippen LogP contribution is 2.47. The van der Waals surface area contributed by atoms with Gasteiger partial charge in [0.15, 0.2) is 0 Å². The van der Waals surface area contributed by atoms with Crippen LogP contribution in [0.4, 0.5) is 0 Å². The van der Waals surface area contributed by atoms with E-state index in [4.69, 9.17) is 8.83 Å². The van der Waals surface area contributed by atoms with E-state index < -0.39 is 0 Å². The first-order valence-electron chi connectivity index (χ1n) is 9.97. The van der Waals surface area contributed by atoms with Gasteiger partial charge in [0, 0.05) is 23.6 Å². The summed E-state index contributed by atoms with van der Waals surface area (Å²) >= 11 is 0. The molecule has 1 fully saturated rings. The highest BCUT2D eigenvalue weighted by Gasteiger charge is 2.36. The summed E-state index contributed by atoms with van der Waals surface area (Å²) in [5, 5.41) is 8.19. The quantitative estimate of drug-likeness (QED) is 0.536. The molecular formula is C23H25N3O3. The number of amides is 1. The predicted octanol–water partition coefficient (Wildman–Crippen LogP) is 4.90. The van der Waals surface area contributed by atoms with Crippen LogP contribution in [0.2, 0.25) is 0 Å². The molecule has 0 radical (unpaired) electrons. The van der Waals surface area contributed by atoms with E-state index in [1.54, 1.807) is 11.0 Å². The number of hydrogen-bond donors (Lipinski definition) is 0. The zero-order chi connectivity index (χ0) is 20.4. The van der Waals surface area contributed by atoms with Crippen molar-refractivity contribution in [2.45, 2.75) is 45.7 Å². The van der Waals surface area contributed by atoms with Crippen molar-refractivity contribution >= 4 is 12.0 Å². The van der Waals surface area contributed by atoms with E-state index >= 15 is 0 Å². The van der Waals surface area contributed by atoms with Crippen LogP contribution >= 0.6 is 0 Å². The number of aromatic nitrogens is 2. The third-order valence-electron chi connectivity index (χ3n) is 5.21. The summed E-state index contributed by atoms with van der Waals surface area (Å²) < 4.78 is 11.6. The maximum Gasteiger partial charge on any atom is 0.247 e. The van der Waals surface area contributed by atoms with Crippen molar-refractivity contribution in [1.82, 2.24) is 15.1 Å². The Morgan fingerprint density at radius 1 is 1.17 bits per heavy atom. The molecule has 1 aromatic carbocycles. The van der Waals surface area contributed by atoms with Gasteiger partial charge in [0.05, 0.1) is 6.54 Å². The summed E-state index contributed by atoms with van der Waals surface area (Å²) in [6, 6.07) is 13.5. The molecule has 0 saturated heterocycles. The third-order valence-corrected chi connectivity index (χ3v) is 5.21. The van der Waals surface area contributed by atoms with Crippen LogP contribution in [0.15, 0.2) is 57.4 Å². The molecule has 1 aliphatic carbocycles. The van der Waals surface area contributed by atoms with Gasteiger partial charge in [-0.2, -0.15) is 0 Å². The monoisotopic (exact) mass is 391 g/mol. The lowest BCUT2D eigenvalue weighted by Crippen LogP contribution is -2.35. The molecule has 2 heterocycles. The zero-order valence-electron chi connectivity index (χ0n) is 16.9. The second-order valence-electron chi connectivity index (χ2n) is 7.82. The highest BCUT2D eigenvalue weighted by atomic mass is 16.4. The molecule has 1 amide bonds. The van der Waals surface area contributed by atoms with Gasteiger partial charge in [-0.1, -0.05) is 25.1 Å². The summed E-state index contributed by atoms with van der Waals surface area (Å²) in [5.41, 5.74) is 0.854. The Kier molecular flexibility index (Phi) is 5.34. The number of carbonyl (C=O) groups excluding carboxylic acids is 1. The van der Waals surface area contributed by atoms with Gasteiger partial charge in [-0.3, -0.25) is 4.79 Å². The fourth-order valence-corrected chi connectivity index (χ4v) is 3.30. The summed E-state index contributed by atoms with van der Waals surface area (Å²) in [5.74, 6) is 3.64. The van der Waals surface area contributed by atoms with Crippen LogP contribution in [0.5, 0.6) is 0 Å². The van der Waals surface area contributed by atoms with Gasteiger partial charge < -0.3 is 13.7 Å². The fraction of sp³-hybridized carbons (Fsp3) is 0.348. The molecular weight excluding hydrogens is 366 g/mol. The summed E-state index contributed by atoms with van der Waals surface area (Å²) in [6.45, 7) is 6.39. The standard InChI is InChI=1S/C23H25N3O3/c1-15(2)26(14-21-24-25-23(29-21)17-7-5-4-6-8-17)22(27)12-10-18-9-11-20(28-18)19-13-16(19)3/h4-12,15-16,19H,13-14H2,1-3H3/b12-10-/t16-,19-/m1/s1. The molecule has 150 valence electrons. The van der Waals surface area contributed by atoms with Crippen molar-refractivity contribution in [1.29, 1.82) is 0 Å². The van der Waals surface area contributed by atoms with Crippen LogP contribution in [0.25, 0.3) is 17.5 Å². The van der Waals surface area contributed by atoms with E-state index in [0.717, 1.165) is 11.3 Å². The van der Waals surface area contributed by atoms with E-state index in [-0.39, 0.29) is 18.5 Å². The molecule has 0 aliphatic heterocycles. The first kappa shape index (κ1) is 19.2. The summed E-state index contributed by atoms with van der Waals surface area (Å²) in [4.78, 5) is 14.4. The SMILES string of the molecule is CC(C)N(Cc1nnc(-c2ccccc2)o1)C(=O)/C=C\c1ccc([C@@H]2C[C@H]2C)o1. The predicted molar refractivity (Wildman–Crippen MR) is 110 cm³/mol. The van der Waals surface area contributed by atoms with Crippen LogP contribution in [0.3, 0.4) is 0 Å². The number of benzene rings is 1. The smallest absolute Gasteiger partial charge is 0.247 e. The minimum atomic E-state index is -0.128. The molecule has 0 N–H and O–H groups in total. The second-order valence-corrected chi connectivity index (χ2v) is 7.82. The third kappa shape index (κ3) is 4.47. The molecule has 0 bridgehead atoms. The molecule has 0 spiro atoms. The van der Waals surface area contributed by atoms with Gasteiger partial charge in [0.25, 0.3) is 0 Å². The van der Waals surface area contributed by atoms with Crippen molar-refractivity contribution in [3.63, 3.8) is 0 Å².